The van der Waals surface area contributed by atoms with Gasteiger partial charge in [0.1, 0.15) is 24.6 Å². The van der Waals surface area contributed by atoms with E-state index in [0.717, 1.165) is 23.0 Å². The fourth-order valence-electron chi connectivity index (χ4n) is 3.36. The first-order valence-electron chi connectivity index (χ1n) is 9.81. The van der Waals surface area contributed by atoms with Gasteiger partial charge >= 0.3 is 12.1 Å². The first kappa shape index (κ1) is 21.4. The van der Waals surface area contributed by atoms with E-state index >= 15 is 0 Å². The molecule has 0 saturated carbocycles. The van der Waals surface area contributed by atoms with Gasteiger partial charge in [0.05, 0.1) is 16.9 Å². The highest BCUT2D eigenvalue weighted by atomic mass is 19.4. The molecule has 10 heteroatoms. The summed E-state index contributed by atoms with van der Waals surface area (Å²) in [7, 11) is 0. The van der Waals surface area contributed by atoms with Crippen LogP contribution in [0.15, 0.2) is 54.7 Å². The van der Waals surface area contributed by atoms with Crippen LogP contribution in [0.3, 0.4) is 0 Å². The normalized spacial score (nSPS) is 11.8. The molecule has 0 amide bonds. The van der Waals surface area contributed by atoms with Crippen molar-refractivity contribution in [2.24, 2.45) is 0 Å². The molecular formula is C22H19F3N4O3. The van der Waals surface area contributed by atoms with E-state index in [0.29, 0.717) is 29.2 Å². The summed E-state index contributed by atoms with van der Waals surface area (Å²) in [6.45, 7) is 1.91. The monoisotopic (exact) mass is 444 g/mol. The number of alkyl halides is 3. The highest BCUT2D eigenvalue weighted by Gasteiger charge is 2.30. The molecule has 0 aliphatic heterocycles. The van der Waals surface area contributed by atoms with Gasteiger partial charge in [0.15, 0.2) is 0 Å². The first-order chi connectivity index (χ1) is 15.2. The van der Waals surface area contributed by atoms with Gasteiger partial charge < -0.3 is 14.4 Å². The molecular weight excluding hydrogens is 425 g/mol. The first-order valence-corrected chi connectivity index (χ1v) is 9.81. The number of benzene rings is 2. The Hall–Kier alpha value is -3.82. The van der Waals surface area contributed by atoms with Gasteiger partial charge in [-0.1, -0.05) is 6.92 Å². The SMILES string of the molecule is CCc1nn(-c2ccc(C(F)(F)F)cc2)nc1COc1ccc2c(ccn2CC(=O)O)c1. The second kappa shape index (κ2) is 8.37. The zero-order valence-corrected chi connectivity index (χ0v) is 17.0. The number of rotatable bonds is 7. The quantitative estimate of drug-likeness (QED) is 0.455. The summed E-state index contributed by atoms with van der Waals surface area (Å²) in [5.41, 5.74) is 1.72. The van der Waals surface area contributed by atoms with Crippen LogP contribution < -0.4 is 4.74 Å². The van der Waals surface area contributed by atoms with Gasteiger partial charge in [-0.2, -0.15) is 23.1 Å². The maximum Gasteiger partial charge on any atom is 0.416 e. The number of fused-ring (bicyclic) bond motifs is 1. The summed E-state index contributed by atoms with van der Waals surface area (Å²) in [5, 5.41) is 18.6. The van der Waals surface area contributed by atoms with Gasteiger partial charge in [0, 0.05) is 17.1 Å². The predicted molar refractivity (Wildman–Crippen MR) is 110 cm³/mol. The molecule has 2 aromatic carbocycles. The molecule has 0 saturated heterocycles. The molecule has 4 aromatic rings. The number of carbonyl (C=O) groups is 1. The zero-order valence-electron chi connectivity index (χ0n) is 17.0. The molecule has 0 radical (unpaired) electrons. The van der Waals surface area contributed by atoms with Gasteiger partial charge in [-0.25, -0.2) is 0 Å². The maximum absolute atomic E-state index is 12.8. The standard InChI is InChI=1S/C22H19F3N4O3/c1-2-18-19(27-29(26-18)16-5-3-15(4-6-16)22(23,24)25)13-32-17-7-8-20-14(11-17)9-10-28(20)12-21(30)31/h3-11H,2,12-13H2,1H3,(H,30,31). The molecule has 166 valence electrons. The van der Waals surface area contributed by atoms with Crippen LogP contribution in [0, 0.1) is 0 Å². The molecule has 0 fully saturated rings. The number of aromatic nitrogens is 4. The maximum atomic E-state index is 12.8. The van der Waals surface area contributed by atoms with Crippen molar-refractivity contribution in [3.63, 3.8) is 0 Å². The van der Waals surface area contributed by atoms with Gasteiger partial charge in [-0.05, 0) is 55.0 Å². The van der Waals surface area contributed by atoms with E-state index in [4.69, 9.17) is 9.84 Å². The lowest BCUT2D eigenvalue weighted by Crippen LogP contribution is -2.07. The molecule has 32 heavy (non-hydrogen) atoms. The van der Waals surface area contributed by atoms with E-state index in [9.17, 15) is 18.0 Å². The van der Waals surface area contributed by atoms with Crippen LogP contribution in [0.1, 0.15) is 23.9 Å². The molecule has 2 heterocycles. The number of carboxylic acids is 1. The van der Waals surface area contributed by atoms with Crippen molar-refractivity contribution in [3.05, 3.63) is 71.7 Å². The van der Waals surface area contributed by atoms with E-state index in [1.165, 1.54) is 16.9 Å². The Balaban J connectivity index is 1.51. The highest BCUT2D eigenvalue weighted by molar-refractivity contribution is 5.83. The fourth-order valence-corrected chi connectivity index (χ4v) is 3.36. The van der Waals surface area contributed by atoms with Crippen LogP contribution in [0.25, 0.3) is 16.6 Å². The van der Waals surface area contributed by atoms with Crippen LogP contribution in [-0.4, -0.2) is 30.6 Å². The van der Waals surface area contributed by atoms with Crippen molar-refractivity contribution in [3.8, 4) is 11.4 Å². The summed E-state index contributed by atoms with van der Waals surface area (Å²) < 4.78 is 45.8. The van der Waals surface area contributed by atoms with Gasteiger partial charge in [0.2, 0.25) is 0 Å². The zero-order chi connectivity index (χ0) is 22.9. The van der Waals surface area contributed by atoms with Gasteiger partial charge in [0.25, 0.3) is 0 Å². The Kier molecular flexibility index (Phi) is 5.60. The number of nitrogens with zero attached hydrogens (tertiary/aromatic N) is 4. The number of aliphatic carboxylic acids is 1. The average molecular weight is 444 g/mol. The molecule has 0 aliphatic rings. The molecule has 0 unspecified atom stereocenters. The van der Waals surface area contributed by atoms with Crippen LogP contribution in [-0.2, 0) is 30.5 Å². The Morgan fingerprint density at radius 1 is 1.06 bits per heavy atom. The third kappa shape index (κ3) is 4.43. The van der Waals surface area contributed by atoms with Crippen molar-refractivity contribution in [1.82, 2.24) is 19.6 Å². The van der Waals surface area contributed by atoms with Crippen LogP contribution in [0.2, 0.25) is 0 Å². The lowest BCUT2D eigenvalue weighted by Gasteiger charge is -2.07. The number of halogens is 3. The summed E-state index contributed by atoms with van der Waals surface area (Å²) in [6, 6.07) is 11.8. The molecule has 0 bridgehead atoms. The van der Waals surface area contributed by atoms with Crippen molar-refractivity contribution >= 4 is 16.9 Å². The lowest BCUT2D eigenvalue weighted by molar-refractivity contribution is -0.138. The molecule has 0 aliphatic carbocycles. The van der Waals surface area contributed by atoms with Crippen molar-refractivity contribution < 1.29 is 27.8 Å². The van der Waals surface area contributed by atoms with Crippen molar-refractivity contribution in [2.75, 3.05) is 0 Å². The molecule has 2 aromatic heterocycles. The molecule has 0 spiro atoms. The van der Waals surface area contributed by atoms with E-state index in [1.807, 2.05) is 13.0 Å². The molecule has 4 rings (SSSR count). The minimum absolute atomic E-state index is 0.128. The predicted octanol–water partition coefficient (Wildman–Crippen LogP) is 4.47. The minimum atomic E-state index is -4.40. The minimum Gasteiger partial charge on any atom is -0.487 e. The molecule has 0 atom stereocenters. The summed E-state index contributed by atoms with van der Waals surface area (Å²) in [5.74, 6) is -0.345. The topological polar surface area (TPSA) is 82.2 Å². The van der Waals surface area contributed by atoms with Gasteiger partial charge in [-0.3, -0.25) is 4.79 Å². The fraction of sp³-hybridized carbons (Fsp3) is 0.227. The second-order valence-corrected chi connectivity index (χ2v) is 7.13. The second-order valence-electron chi connectivity index (χ2n) is 7.13. The van der Waals surface area contributed by atoms with Crippen LogP contribution >= 0.6 is 0 Å². The number of aryl methyl sites for hydroxylation is 1. The van der Waals surface area contributed by atoms with E-state index in [1.54, 1.807) is 29.0 Å². The summed E-state index contributed by atoms with van der Waals surface area (Å²) >= 11 is 0. The number of hydrogen-bond donors (Lipinski definition) is 1. The van der Waals surface area contributed by atoms with Crippen molar-refractivity contribution in [1.29, 1.82) is 0 Å². The summed E-state index contributed by atoms with van der Waals surface area (Å²) in [4.78, 5) is 12.3. The highest BCUT2D eigenvalue weighted by Crippen LogP contribution is 2.29. The number of ether oxygens (including phenoxy) is 1. The third-order valence-electron chi connectivity index (χ3n) is 4.95. The lowest BCUT2D eigenvalue weighted by atomic mass is 10.2. The molecule has 7 nitrogen and oxygen atoms in total. The number of carboxylic acid groups (broad SMARTS) is 1. The largest absolute Gasteiger partial charge is 0.487 e. The molecule has 1 N–H and O–H groups in total. The van der Waals surface area contributed by atoms with Crippen molar-refractivity contribution in [2.45, 2.75) is 32.7 Å². The average Bonchev–Trinajstić information content (AvgIpc) is 3.35. The van der Waals surface area contributed by atoms with E-state index in [-0.39, 0.29) is 13.2 Å². The van der Waals surface area contributed by atoms with E-state index < -0.39 is 17.7 Å². The third-order valence-corrected chi connectivity index (χ3v) is 4.95. The Bertz CT molecular complexity index is 1260. The Morgan fingerprint density at radius 2 is 1.78 bits per heavy atom. The van der Waals surface area contributed by atoms with E-state index in [2.05, 4.69) is 10.2 Å². The van der Waals surface area contributed by atoms with Gasteiger partial charge in [-0.15, -0.1) is 5.10 Å². The number of hydrogen-bond acceptors (Lipinski definition) is 4. The smallest absolute Gasteiger partial charge is 0.416 e. The summed E-state index contributed by atoms with van der Waals surface area (Å²) in [6.07, 6.45) is -2.12. The Labute approximate surface area is 180 Å². The Morgan fingerprint density at radius 3 is 2.44 bits per heavy atom. The van der Waals surface area contributed by atoms with Crippen LogP contribution in [0.5, 0.6) is 5.75 Å². The van der Waals surface area contributed by atoms with Crippen LogP contribution in [0.4, 0.5) is 13.2 Å².